The molecule has 1 atom stereocenters. The Labute approximate surface area is 94.5 Å². The van der Waals surface area contributed by atoms with Gasteiger partial charge in [0.1, 0.15) is 11.5 Å². The lowest BCUT2D eigenvalue weighted by Gasteiger charge is -2.09. The zero-order valence-electron chi connectivity index (χ0n) is 9.40. The van der Waals surface area contributed by atoms with E-state index in [1.165, 1.54) is 0 Å². The molecule has 0 amide bonds. The zero-order chi connectivity index (χ0) is 11.7. The van der Waals surface area contributed by atoms with Gasteiger partial charge in [-0.3, -0.25) is 4.79 Å². The summed E-state index contributed by atoms with van der Waals surface area (Å²) in [6, 6.07) is 11.1. The average Bonchev–Trinajstić information content (AvgIpc) is 2.27. The molecule has 2 aromatic carbocycles. The fourth-order valence-electron chi connectivity index (χ4n) is 1.76. The highest BCUT2D eigenvalue weighted by molar-refractivity contribution is 5.88. The van der Waals surface area contributed by atoms with Crippen LogP contribution in [0.15, 0.2) is 36.4 Å². The number of phenols is 1. The number of rotatable bonds is 2. The normalized spacial score (nSPS) is 12.6. The minimum absolute atomic E-state index is 0.0711. The van der Waals surface area contributed by atoms with Gasteiger partial charge in [-0.25, -0.2) is 0 Å². The summed E-state index contributed by atoms with van der Waals surface area (Å²) in [6.07, 6.45) is 0. The molecular formula is C14H14O2. The number of carbonyl (C=O) groups is 1. The van der Waals surface area contributed by atoms with E-state index >= 15 is 0 Å². The van der Waals surface area contributed by atoms with Crippen molar-refractivity contribution in [3.63, 3.8) is 0 Å². The van der Waals surface area contributed by atoms with Gasteiger partial charge in [-0.2, -0.15) is 0 Å². The topological polar surface area (TPSA) is 37.3 Å². The van der Waals surface area contributed by atoms with E-state index in [2.05, 4.69) is 0 Å². The maximum atomic E-state index is 11.3. The number of hydrogen-bond acceptors (Lipinski definition) is 2. The minimum atomic E-state index is -0.0711. The maximum Gasteiger partial charge on any atom is 0.136 e. The molecule has 0 saturated heterocycles. The molecule has 0 aromatic heterocycles. The number of ketones is 1. The number of benzene rings is 2. The van der Waals surface area contributed by atoms with Crippen molar-refractivity contribution in [2.24, 2.45) is 0 Å². The standard InChI is InChI=1S/C14H14O2/c1-9(10(2)15)11-3-4-13-8-14(16)6-5-12(13)7-11/h3-9,16H,1-2H3. The maximum absolute atomic E-state index is 11.3. The molecule has 2 rings (SSSR count). The average molecular weight is 214 g/mol. The van der Waals surface area contributed by atoms with E-state index in [1.54, 1.807) is 19.1 Å². The molecule has 0 spiro atoms. The van der Waals surface area contributed by atoms with Crippen LogP contribution < -0.4 is 0 Å². The third kappa shape index (κ3) is 1.91. The van der Waals surface area contributed by atoms with E-state index in [1.807, 2.05) is 31.2 Å². The quantitative estimate of drug-likeness (QED) is 0.833. The summed E-state index contributed by atoms with van der Waals surface area (Å²) in [4.78, 5) is 11.3. The molecule has 0 aliphatic heterocycles. The lowest BCUT2D eigenvalue weighted by Crippen LogP contribution is -2.03. The first-order valence-electron chi connectivity index (χ1n) is 5.31. The SMILES string of the molecule is CC(=O)C(C)c1ccc2cc(O)ccc2c1. The summed E-state index contributed by atoms with van der Waals surface area (Å²) in [7, 11) is 0. The van der Waals surface area contributed by atoms with Gasteiger partial charge >= 0.3 is 0 Å². The second kappa shape index (κ2) is 3.97. The summed E-state index contributed by atoms with van der Waals surface area (Å²) in [6.45, 7) is 3.51. The highest BCUT2D eigenvalue weighted by atomic mass is 16.3. The number of Topliss-reactive ketones (excluding diaryl/α,β-unsaturated/α-hetero) is 1. The van der Waals surface area contributed by atoms with E-state index in [-0.39, 0.29) is 17.5 Å². The van der Waals surface area contributed by atoms with Crippen molar-refractivity contribution in [2.75, 3.05) is 0 Å². The smallest absolute Gasteiger partial charge is 0.136 e. The van der Waals surface area contributed by atoms with E-state index in [9.17, 15) is 9.90 Å². The third-order valence-electron chi connectivity index (χ3n) is 2.96. The molecule has 2 nitrogen and oxygen atoms in total. The molecule has 0 saturated carbocycles. The van der Waals surface area contributed by atoms with Gasteiger partial charge in [-0.1, -0.05) is 31.2 Å². The molecule has 1 N–H and O–H groups in total. The summed E-state index contributed by atoms with van der Waals surface area (Å²) < 4.78 is 0. The summed E-state index contributed by atoms with van der Waals surface area (Å²) in [5.74, 6) is 0.358. The Morgan fingerprint density at radius 1 is 1.12 bits per heavy atom. The fourth-order valence-corrected chi connectivity index (χ4v) is 1.76. The molecule has 1 unspecified atom stereocenters. The molecule has 0 aliphatic rings. The van der Waals surface area contributed by atoms with Gasteiger partial charge < -0.3 is 5.11 Å². The van der Waals surface area contributed by atoms with Gasteiger partial charge in [0.2, 0.25) is 0 Å². The summed E-state index contributed by atoms with van der Waals surface area (Å²) in [5, 5.41) is 11.4. The molecule has 0 heterocycles. The summed E-state index contributed by atoms with van der Waals surface area (Å²) >= 11 is 0. The predicted molar refractivity (Wildman–Crippen MR) is 64.7 cm³/mol. The third-order valence-corrected chi connectivity index (χ3v) is 2.96. The second-order valence-electron chi connectivity index (χ2n) is 4.12. The molecule has 0 aliphatic carbocycles. The number of carbonyl (C=O) groups excluding carboxylic acids is 1. The minimum Gasteiger partial charge on any atom is -0.508 e. The summed E-state index contributed by atoms with van der Waals surface area (Å²) in [5.41, 5.74) is 1.02. The zero-order valence-corrected chi connectivity index (χ0v) is 9.40. The first-order chi connectivity index (χ1) is 7.58. The number of aromatic hydroxyl groups is 1. The van der Waals surface area contributed by atoms with Crippen LogP contribution >= 0.6 is 0 Å². The Hall–Kier alpha value is -1.83. The van der Waals surface area contributed by atoms with Crippen LogP contribution in [0.5, 0.6) is 5.75 Å². The Bertz CT molecular complexity index is 543. The molecule has 0 fully saturated rings. The van der Waals surface area contributed by atoms with Crippen molar-refractivity contribution in [1.29, 1.82) is 0 Å². The van der Waals surface area contributed by atoms with Crippen molar-refractivity contribution < 1.29 is 9.90 Å². The van der Waals surface area contributed by atoms with Gasteiger partial charge in [-0.15, -0.1) is 0 Å². The molecule has 0 bridgehead atoms. The Morgan fingerprint density at radius 2 is 1.75 bits per heavy atom. The van der Waals surface area contributed by atoms with Crippen molar-refractivity contribution >= 4 is 16.6 Å². The first-order valence-corrected chi connectivity index (χ1v) is 5.31. The van der Waals surface area contributed by atoms with Crippen molar-refractivity contribution in [1.82, 2.24) is 0 Å². The highest BCUT2D eigenvalue weighted by Crippen LogP contribution is 2.24. The van der Waals surface area contributed by atoms with Gasteiger partial charge in [0.15, 0.2) is 0 Å². The van der Waals surface area contributed by atoms with E-state index in [4.69, 9.17) is 0 Å². The first kappa shape index (κ1) is 10.7. The predicted octanol–water partition coefficient (Wildman–Crippen LogP) is 3.24. The van der Waals surface area contributed by atoms with Crippen LogP contribution in [0, 0.1) is 0 Å². The van der Waals surface area contributed by atoms with Crippen LogP contribution in [-0.2, 0) is 4.79 Å². The molecular weight excluding hydrogens is 200 g/mol. The molecule has 82 valence electrons. The molecule has 0 radical (unpaired) electrons. The van der Waals surface area contributed by atoms with Crippen LogP contribution in [0.25, 0.3) is 10.8 Å². The Kier molecular flexibility index (Phi) is 2.65. The number of fused-ring (bicyclic) bond motifs is 1. The van der Waals surface area contributed by atoms with Gasteiger partial charge in [0.05, 0.1) is 0 Å². The largest absolute Gasteiger partial charge is 0.508 e. The fraction of sp³-hybridized carbons (Fsp3) is 0.214. The number of phenolic OH excluding ortho intramolecular Hbond substituents is 1. The molecule has 2 aromatic rings. The van der Waals surface area contributed by atoms with Crippen molar-refractivity contribution in [3.05, 3.63) is 42.0 Å². The van der Waals surface area contributed by atoms with Gasteiger partial charge in [0, 0.05) is 5.92 Å². The van der Waals surface area contributed by atoms with Gasteiger partial charge in [-0.05, 0) is 35.4 Å². The van der Waals surface area contributed by atoms with E-state index in [0.717, 1.165) is 16.3 Å². The van der Waals surface area contributed by atoms with Gasteiger partial charge in [0.25, 0.3) is 0 Å². The Balaban J connectivity index is 2.52. The molecule has 2 heteroatoms. The lowest BCUT2D eigenvalue weighted by atomic mass is 9.95. The van der Waals surface area contributed by atoms with E-state index < -0.39 is 0 Å². The number of hydrogen-bond donors (Lipinski definition) is 1. The van der Waals surface area contributed by atoms with Crippen molar-refractivity contribution in [3.8, 4) is 5.75 Å². The van der Waals surface area contributed by atoms with Crippen molar-refractivity contribution in [2.45, 2.75) is 19.8 Å². The van der Waals surface area contributed by atoms with Crippen LogP contribution in [0.2, 0.25) is 0 Å². The molecule has 16 heavy (non-hydrogen) atoms. The Morgan fingerprint density at radius 3 is 2.44 bits per heavy atom. The van der Waals surface area contributed by atoms with Crippen LogP contribution in [0.4, 0.5) is 0 Å². The van der Waals surface area contributed by atoms with Crippen LogP contribution in [-0.4, -0.2) is 10.9 Å². The monoisotopic (exact) mass is 214 g/mol. The second-order valence-corrected chi connectivity index (χ2v) is 4.12. The lowest BCUT2D eigenvalue weighted by molar-refractivity contribution is -0.118. The highest BCUT2D eigenvalue weighted by Gasteiger charge is 2.10. The van der Waals surface area contributed by atoms with Crippen LogP contribution in [0.3, 0.4) is 0 Å². The van der Waals surface area contributed by atoms with Crippen LogP contribution in [0.1, 0.15) is 25.3 Å². The van der Waals surface area contributed by atoms with E-state index in [0.29, 0.717) is 0 Å².